The standard InChI is InChI=1S/C17H17FN2O2S/c1-22-15-9-5-4-8-14(15)19-17(21)20-10-11-23-16(20)12-6-2-3-7-13(12)18/h2-9,16H,10-11H2,1H3,(H,19,21)/t16-/m1/s1. The number of anilines is 1. The molecule has 1 heterocycles. The highest BCUT2D eigenvalue weighted by molar-refractivity contribution is 7.99. The lowest BCUT2D eigenvalue weighted by molar-refractivity contribution is 0.213. The molecular formula is C17H17FN2O2S. The fourth-order valence-electron chi connectivity index (χ4n) is 2.55. The number of ether oxygens (including phenoxy) is 1. The summed E-state index contributed by atoms with van der Waals surface area (Å²) in [5, 5.41) is 2.53. The number of nitrogens with zero attached hydrogens (tertiary/aromatic N) is 1. The Morgan fingerprint density at radius 1 is 1.26 bits per heavy atom. The van der Waals surface area contributed by atoms with E-state index in [1.807, 2.05) is 12.1 Å². The molecule has 1 atom stereocenters. The Bertz CT molecular complexity index is 710. The quantitative estimate of drug-likeness (QED) is 0.919. The summed E-state index contributed by atoms with van der Waals surface area (Å²) in [7, 11) is 1.55. The van der Waals surface area contributed by atoms with Crippen molar-refractivity contribution in [2.45, 2.75) is 5.37 Å². The number of methoxy groups -OCH3 is 1. The number of nitrogens with one attached hydrogen (secondary N) is 1. The van der Waals surface area contributed by atoms with Crippen molar-refractivity contribution < 1.29 is 13.9 Å². The molecule has 120 valence electrons. The Kier molecular flexibility index (Phi) is 4.71. The Labute approximate surface area is 138 Å². The molecular weight excluding hydrogens is 315 g/mol. The summed E-state index contributed by atoms with van der Waals surface area (Å²) in [6, 6.07) is 13.5. The molecule has 0 spiro atoms. The first-order valence-corrected chi connectivity index (χ1v) is 8.32. The molecule has 1 aliphatic heterocycles. The van der Waals surface area contributed by atoms with Gasteiger partial charge in [-0.15, -0.1) is 11.8 Å². The summed E-state index contributed by atoms with van der Waals surface area (Å²) in [5.41, 5.74) is 1.13. The van der Waals surface area contributed by atoms with Crippen LogP contribution in [-0.2, 0) is 0 Å². The number of thioether (sulfide) groups is 1. The van der Waals surface area contributed by atoms with Gasteiger partial charge in [0.05, 0.1) is 12.8 Å². The molecule has 0 aromatic heterocycles. The zero-order valence-electron chi connectivity index (χ0n) is 12.7. The number of para-hydroxylation sites is 2. The topological polar surface area (TPSA) is 41.6 Å². The van der Waals surface area contributed by atoms with Gasteiger partial charge >= 0.3 is 6.03 Å². The molecule has 0 unspecified atom stereocenters. The number of amides is 2. The van der Waals surface area contributed by atoms with Gasteiger partial charge in [-0.2, -0.15) is 0 Å². The Hall–Kier alpha value is -2.21. The van der Waals surface area contributed by atoms with Crippen molar-refractivity contribution in [1.29, 1.82) is 0 Å². The Balaban J connectivity index is 1.80. The molecule has 6 heteroatoms. The molecule has 1 saturated heterocycles. The fourth-order valence-corrected chi connectivity index (χ4v) is 3.82. The van der Waals surface area contributed by atoms with Crippen LogP contribution in [0.1, 0.15) is 10.9 Å². The van der Waals surface area contributed by atoms with E-state index in [4.69, 9.17) is 4.74 Å². The van der Waals surface area contributed by atoms with Crippen molar-refractivity contribution in [3.05, 3.63) is 59.9 Å². The molecule has 2 amide bonds. The van der Waals surface area contributed by atoms with Crippen LogP contribution in [-0.4, -0.2) is 30.3 Å². The lowest BCUT2D eigenvalue weighted by Gasteiger charge is -2.25. The van der Waals surface area contributed by atoms with Crippen LogP contribution in [0.25, 0.3) is 0 Å². The zero-order valence-corrected chi connectivity index (χ0v) is 13.5. The Morgan fingerprint density at radius 3 is 2.78 bits per heavy atom. The zero-order chi connectivity index (χ0) is 16.2. The largest absolute Gasteiger partial charge is 0.495 e. The van der Waals surface area contributed by atoms with Crippen molar-refractivity contribution in [2.75, 3.05) is 24.7 Å². The first-order valence-electron chi connectivity index (χ1n) is 7.27. The van der Waals surface area contributed by atoms with Crippen LogP contribution in [0.4, 0.5) is 14.9 Å². The van der Waals surface area contributed by atoms with E-state index in [0.717, 1.165) is 5.75 Å². The minimum absolute atomic E-state index is 0.257. The number of rotatable bonds is 3. The third-order valence-corrected chi connectivity index (χ3v) is 4.91. The van der Waals surface area contributed by atoms with Crippen molar-refractivity contribution >= 4 is 23.5 Å². The summed E-state index contributed by atoms with van der Waals surface area (Å²) in [6.45, 7) is 0.574. The normalized spacial score (nSPS) is 17.1. The second-order valence-corrected chi connectivity index (χ2v) is 6.26. The van der Waals surface area contributed by atoms with Gasteiger partial charge in [0, 0.05) is 17.9 Å². The minimum atomic E-state index is -0.314. The third kappa shape index (κ3) is 3.27. The number of hydrogen-bond acceptors (Lipinski definition) is 3. The molecule has 1 aliphatic rings. The number of carbonyl (C=O) groups is 1. The monoisotopic (exact) mass is 332 g/mol. The van der Waals surface area contributed by atoms with Crippen molar-refractivity contribution in [2.24, 2.45) is 0 Å². The van der Waals surface area contributed by atoms with Gasteiger partial charge in [-0.25, -0.2) is 9.18 Å². The molecule has 1 fully saturated rings. The number of urea groups is 1. The number of halogens is 1. The SMILES string of the molecule is COc1ccccc1NC(=O)N1CCS[C@@H]1c1ccccc1F. The fraction of sp³-hybridized carbons (Fsp3) is 0.235. The third-order valence-electron chi connectivity index (χ3n) is 3.67. The van der Waals surface area contributed by atoms with Gasteiger partial charge < -0.3 is 15.0 Å². The minimum Gasteiger partial charge on any atom is -0.495 e. The van der Waals surface area contributed by atoms with Gasteiger partial charge in [0.2, 0.25) is 0 Å². The van der Waals surface area contributed by atoms with E-state index >= 15 is 0 Å². The van der Waals surface area contributed by atoms with E-state index < -0.39 is 0 Å². The Morgan fingerprint density at radius 2 is 2.00 bits per heavy atom. The first kappa shape index (κ1) is 15.7. The summed E-state index contributed by atoms with van der Waals surface area (Å²) < 4.78 is 19.3. The summed E-state index contributed by atoms with van der Waals surface area (Å²) in [5.74, 6) is 1.08. The predicted molar refractivity (Wildman–Crippen MR) is 90.3 cm³/mol. The van der Waals surface area contributed by atoms with E-state index in [1.54, 1.807) is 54.1 Å². The molecule has 4 nitrogen and oxygen atoms in total. The van der Waals surface area contributed by atoms with Crippen molar-refractivity contribution in [3.8, 4) is 5.75 Å². The van der Waals surface area contributed by atoms with Gasteiger partial charge in [-0.3, -0.25) is 0 Å². The molecule has 0 aliphatic carbocycles. The van der Waals surface area contributed by atoms with Crippen LogP contribution in [0, 0.1) is 5.82 Å². The maximum Gasteiger partial charge on any atom is 0.323 e. The second kappa shape index (κ2) is 6.91. The van der Waals surface area contributed by atoms with E-state index in [9.17, 15) is 9.18 Å². The maximum absolute atomic E-state index is 14.0. The molecule has 0 radical (unpaired) electrons. The molecule has 2 aromatic rings. The average molecular weight is 332 g/mol. The molecule has 0 bridgehead atoms. The number of benzene rings is 2. The van der Waals surface area contributed by atoms with Crippen LogP contribution >= 0.6 is 11.8 Å². The smallest absolute Gasteiger partial charge is 0.323 e. The van der Waals surface area contributed by atoms with Crippen LogP contribution in [0.3, 0.4) is 0 Å². The number of carbonyl (C=O) groups excluding carboxylic acids is 1. The highest BCUT2D eigenvalue weighted by Gasteiger charge is 2.32. The van der Waals surface area contributed by atoms with E-state index in [1.165, 1.54) is 6.07 Å². The van der Waals surface area contributed by atoms with Gasteiger partial charge in [-0.05, 0) is 18.2 Å². The predicted octanol–water partition coefficient (Wildman–Crippen LogP) is 4.11. The number of hydrogen-bond donors (Lipinski definition) is 1. The van der Waals surface area contributed by atoms with Gasteiger partial charge in [0.1, 0.15) is 16.9 Å². The summed E-state index contributed by atoms with van der Waals surface area (Å²) in [4.78, 5) is 14.2. The molecule has 0 saturated carbocycles. The lowest BCUT2D eigenvalue weighted by Crippen LogP contribution is -2.34. The molecule has 2 aromatic carbocycles. The summed E-state index contributed by atoms with van der Waals surface area (Å²) in [6.07, 6.45) is 0. The van der Waals surface area contributed by atoms with E-state index in [-0.39, 0.29) is 17.2 Å². The van der Waals surface area contributed by atoms with E-state index in [0.29, 0.717) is 23.5 Å². The van der Waals surface area contributed by atoms with Crippen LogP contribution in [0.15, 0.2) is 48.5 Å². The molecule has 1 N–H and O–H groups in total. The van der Waals surface area contributed by atoms with Crippen LogP contribution in [0.2, 0.25) is 0 Å². The van der Waals surface area contributed by atoms with Gasteiger partial charge in [-0.1, -0.05) is 30.3 Å². The van der Waals surface area contributed by atoms with Crippen LogP contribution in [0.5, 0.6) is 5.75 Å². The van der Waals surface area contributed by atoms with Gasteiger partial charge in [0.25, 0.3) is 0 Å². The highest BCUT2D eigenvalue weighted by Crippen LogP contribution is 2.39. The maximum atomic E-state index is 14.0. The van der Waals surface area contributed by atoms with E-state index in [2.05, 4.69) is 5.32 Å². The van der Waals surface area contributed by atoms with Gasteiger partial charge in [0.15, 0.2) is 0 Å². The second-order valence-electron chi connectivity index (χ2n) is 5.07. The van der Waals surface area contributed by atoms with Crippen molar-refractivity contribution in [1.82, 2.24) is 4.90 Å². The van der Waals surface area contributed by atoms with Crippen molar-refractivity contribution in [3.63, 3.8) is 0 Å². The first-order chi connectivity index (χ1) is 11.2. The lowest BCUT2D eigenvalue weighted by atomic mass is 10.2. The van der Waals surface area contributed by atoms with Crippen LogP contribution < -0.4 is 10.1 Å². The molecule has 3 rings (SSSR count). The summed E-state index contributed by atoms with van der Waals surface area (Å²) >= 11 is 1.56. The molecule has 23 heavy (non-hydrogen) atoms. The highest BCUT2D eigenvalue weighted by atomic mass is 32.2. The average Bonchev–Trinajstić information content (AvgIpc) is 3.05.